The highest BCUT2D eigenvalue weighted by atomic mass is 19.1. The van der Waals surface area contributed by atoms with Gasteiger partial charge in [-0.05, 0) is 48.5 Å². The fourth-order valence-corrected chi connectivity index (χ4v) is 3.56. The lowest BCUT2D eigenvalue weighted by atomic mass is 10.2. The van der Waals surface area contributed by atoms with E-state index < -0.39 is 0 Å². The van der Waals surface area contributed by atoms with Crippen molar-refractivity contribution in [3.63, 3.8) is 0 Å². The van der Waals surface area contributed by atoms with Gasteiger partial charge in [-0.3, -0.25) is 19.2 Å². The summed E-state index contributed by atoms with van der Waals surface area (Å²) in [7, 11) is 0. The number of nitrogens with one attached hydrogen (secondary N) is 1. The molecule has 2 aliphatic heterocycles. The molecule has 2 aliphatic rings. The summed E-state index contributed by atoms with van der Waals surface area (Å²) in [5.74, 6) is 0.0121. The van der Waals surface area contributed by atoms with E-state index >= 15 is 0 Å². The number of carbonyl (C=O) groups excluding carboxylic acids is 4. The molecule has 2 amide bonds. The van der Waals surface area contributed by atoms with Crippen molar-refractivity contribution < 1.29 is 23.6 Å². The number of amides is 2. The minimum absolute atomic E-state index is 0.140. The molecule has 0 aromatic heterocycles. The predicted molar refractivity (Wildman–Crippen MR) is 133 cm³/mol. The summed E-state index contributed by atoms with van der Waals surface area (Å²) in [5, 5.41) is 3.18. The van der Waals surface area contributed by atoms with Crippen LogP contribution >= 0.6 is 0 Å². The summed E-state index contributed by atoms with van der Waals surface area (Å²) in [5.41, 5.74) is 2.30. The minimum Gasteiger partial charge on any atom is -0.368 e. The molecule has 0 spiro atoms. The molecule has 2 aromatic carbocycles. The number of hydrogen-bond donors (Lipinski definition) is 1. The molecule has 0 atom stereocenters. The Kier molecular flexibility index (Phi) is 11.6. The van der Waals surface area contributed by atoms with E-state index in [1.54, 1.807) is 13.8 Å². The Morgan fingerprint density at radius 2 is 1.14 bits per heavy atom. The summed E-state index contributed by atoms with van der Waals surface area (Å²) in [6.07, 6.45) is 1.52. The van der Waals surface area contributed by atoms with Gasteiger partial charge >= 0.3 is 0 Å². The third kappa shape index (κ3) is 9.66. The van der Waals surface area contributed by atoms with Crippen LogP contribution in [0, 0.1) is 5.82 Å². The van der Waals surface area contributed by atoms with Crippen LogP contribution in [0.1, 0.15) is 34.6 Å². The molecule has 2 heterocycles. The first-order chi connectivity index (χ1) is 16.8. The normalized spacial score (nSPS) is 15.1. The Morgan fingerprint density at radius 1 is 0.714 bits per heavy atom. The van der Waals surface area contributed by atoms with E-state index in [4.69, 9.17) is 0 Å². The summed E-state index contributed by atoms with van der Waals surface area (Å²) in [4.78, 5) is 48.4. The van der Waals surface area contributed by atoms with Crippen molar-refractivity contribution in [3.05, 3.63) is 65.5 Å². The highest BCUT2D eigenvalue weighted by Gasteiger charge is 2.18. The van der Waals surface area contributed by atoms with E-state index in [0.717, 1.165) is 64.3 Å². The molecule has 4 rings (SSSR count). The lowest BCUT2D eigenvalue weighted by Crippen LogP contribution is -2.48. The van der Waals surface area contributed by atoms with Gasteiger partial charge in [-0.2, -0.15) is 0 Å². The maximum absolute atomic E-state index is 12.1. The highest BCUT2D eigenvalue weighted by Crippen LogP contribution is 2.16. The SMILES string of the molecule is CC(=O)N1CCN(c2ccc(C=O)cc2)CC1.CC(=O)N1CCNCC1.O=Cc1ccc(F)cc1. The number of anilines is 1. The number of rotatable bonds is 3. The molecule has 0 saturated carbocycles. The monoisotopic (exact) mass is 484 g/mol. The van der Waals surface area contributed by atoms with Gasteiger partial charge in [-0.1, -0.05) is 0 Å². The standard InChI is InChI=1S/C13H16N2O2.C7H5FO.C6H12N2O/c1-11(17)14-6-8-15(9-7-14)13-4-2-12(10-16)3-5-13;8-7-3-1-6(5-9)2-4-7;1-6(9)8-4-2-7-3-5-8/h2-5,10H,6-9H2,1H3;1-5H;7H,2-5H2,1H3. The van der Waals surface area contributed by atoms with Crippen LogP contribution in [-0.2, 0) is 9.59 Å². The van der Waals surface area contributed by atoms with Crippen LogP contribution in [0.3, 0.4) is 0 Å². The molecule has 9 heteroatoms. The van der Waals surface area contributed by atoms with Crippen LogP contribution in [-0.4, -0.2) is 86.5 Å². The largest absolute Gasteiger partial charge is 0.368 e. The topological polar surface area (TPSA) is 90.0 Å². The average Bonchev–Trinajstić information content (AvgIpc) is 2.90. The predicted octanol–water partition coefficient (Wildman–Crippen LogP) is 2.24. The lowest BCUT2D eigenvalue weighted by molar-refractivity contribution is -0.130. The van der Waals surface area contributed by atoms with Gasteiger partial charge in [0, 0.05) is 83.0 Å². The minimum atomic E-state index is -0.319. The van der Waals surface area contributed by atoms with Gasteiger partial charge in [-0.15, -0.1) is 0 Å². The second-order valence-corrected chi connectivity index (χ2v) is 8.13. The zero-order valence-electron chi connectivity index (χ0n) is 20.3. The number of benzene rings is 2. The van der Waals surface area contributed by atoms with Crippen molar-refractivity contribution in [1.29, 1.82) is 0 Å². The van der Waals surface area contributed by atoms with Crippen molar-refractivity contribution in [2.45, 2.75) is 13.8 Å². The smallest absolute Gasteiger partial charge is 0.219 e. The van der Waals surface area contributed by atoms with Crippen molar-refractivity contribution in [2.75, 3.05) is 57.3 Å². The molecule has 2 saturated heterocycles. The van der Waals surface area contributed by atoms with Crippen molar-refractivity contribution >= 4 is 30.1 Å². The Hall–Kier alpha value is -3.59. The van der Waals surface area contributed by atoms with E-state index in [1.807, 2.05) is 34.1 Å². The zero-order chi connectivity index (χ0) is 25.6. The first-order valence-corrected chi connectivity index (χ1v) is 11.6. The first-order valence-electron chi connectivity index (χ1n) is 11.6. The van der Waals surface area contributed by atoms with Gasteiger partial charge in [0.15, 0.2) is 0 Å². The fraction of sp³-hybridized carbons (Fsp3) is 0.385. The van der Waals surface area contributed by atoms with Gasteiger partial charge < -0.3 is 20.0 Å². The number of aldehydes is 2. The third-order valence-electron chi connectivity index (χ3n) is 5.69. The van der Waals surface area contributed by atoms with E-state index in [9.17, 15) is 23.6 Å². The molecular weight excluding hydrogens is 451 g/mol. The van der Waals surface area contributed by atoms with E-state index in [2.05, 4.69) is 10.2 Å². The summed E-state index contributed by atoms with van der Waals surface area (Å²) < 4.78 is 12.1. The molecule has 0 aliphatic carbocycles. The van der Waals surface area contributed by atoms with Gasteiger partial charge in [-0.25, -0.2) is 4.39 Å². The van der Waals surface area contributed by atoms with Crippen LogP contribution in [0.5, 0.6) is 0 Å². The molecule has 35 heavy (non-hydrogen) atoms. The number of carbonyl (C=O) groups is 4. The van der Waals surface area contributed by atoms with E-state index in [-0.39, 0.29) is 17.6 Å². The van der Waals surface area contributed by atoms with Gasteiger partial charge in [0.1, 0.15) is 18.4 Å². The fourth-order valence-electron chi connectivity index (χ4n) is 3.56. The Bertz CT molecular complexity index is 952. The maximum atomic E-state index is 12.1. The van der Waals surface area contributed by atoms with Gasteiger partial charge in [0.25, 0.3) is 0 Å². The summed E-state index contributed by atoms with van der Waals surface area (Å²) >= 11 is 0. The molecule has 2 aromatic rings. The number of halogens is 1. The second kappa shape index (κ2) is 14.6. The molecule has 2 fully saturated rings. The maximum Gasteiger partial charge on any atom is 0.219 e. The molecule has 1 N–H and O–H groups in total. The molecule has 188 valence electrons. The Labute approximate surface area is 205 Å². The Balaban J connectivity index is 0.000000203. The van der Waals surface area contributed by atoms with E-state index in [0.29, 0.717) is 17.4 Å². The van der Waals surface area contributed by atoms with Crippen LogP contribution in [0.25, 0.3) is 0 Å². The number of nitrogens with zero attached hydrogens (tertiary/aromatic N) is 3. The van der Waals surface area contributed by atoms with Crippen molar-refractivity contribution in [2.24, 2.45) is 0 Å². The highest BCUT2D eigenvalue weighted by molar-refractivity contribution is 5.76. The Morgan fingerprint density at radius 3 is 1.54 bits per heavy atom. The summed E-state index contributed by atoms with van der Waals surface area (Å²) in [6, 6.07) is 12.9. The summed E-state index contributed by atoms with van der Waals surface area (Å²) in [6.45, 7) is 10.1. The molecular formula is C26H33FN4O4. The molecule has 0 radical (unpaired) electrons. The van der Waals surface area contributed by atoms with Crippen LogP contribution in [0.2, 0.25) is 0 Å². The van der Waals surface area contributed by atoms with Crippen molar-refractivity contribution in [1.82, 2.24) is 15.1 Å². The number of hydrogen-bond acceptors (Lipinski definition) is 6. The lowest BCUT2D eigenvalue weighted by Gasteiger charge is -2.35. The first kappa shape index (κ1) is 27.7. The van der Waals surface area contributed by atoms with Crippen LogP contribution < -0.4 is 10.2 Å². The molecule has 8 nitrogen and oxygen atoms in total. The van der Waals surface area contributed by atoms with Crippen molar-refractivity contribution in [3.8, 4) is 0 Å². The third-order valence-corrected chi connectivity index (χ3v) is 5.69. The van der Waals surface area contributed by atoms with Crippen LogP contribution in [0.4, 0.5) is 10.1 Å². The second-order valence-electron chi connectivity index (χ2n) is 8.13. The van der Waals surface area contributed by atoms with Gasteiger partial charge in [0.2, 0.25) is 11.8 Å². The molecule has 0 bridgehead atoms. The van der Waals surface area contributed by atoms with Gasteiger partial charge in [0.05, 0.1) is 0 Å². The van der Waals surface area contributed by atoms with E-state index in [1.165, 1.54) is 24.3 Å². The average molecular weight is 485 g/mol. The van der Waals surface area contributed by atoms with Crippen LogP contribution in [0.15, 0.2) is 48.5 Å². The quantitative estimate of drug-likeness (QED) is 0.673. The number of piperazine rings is 2. The molecule has 0 unspecified atom stereocenters. The zero-order valence-corrected chi connectivity index (χ0v) is 20.3.